The Balaban J connectivity index is 1.60. The Morgan fingerprint density at radius 3 is 2.55 bits per heavy atom. The quantitative estimate of drug-likeness (QED) is 0.481. The average Bonchev–Trinajstić information content (AvgIpc) is 3.10. The van der Waals surface area contributed by atoms with Crippen LogP contribution in [0.15, 0.2) is 48.7 Å². The highest BCUT2D eigenvalue weighted by Gasteiger charge is 2.25. The maximum Gasteiger partial charge on any atom is 0.244 e. The number of fused-ring (bicyclic) bond motifs is 1. The molecule has 4 rings (SSSR count). The number of carbonyl (C=O) groups is 2. The number of nitrogens with one attached hydrogen (secondary N) is 1. The Morgan fingerprint density at radius 2 is 1.76 bits per heavy atom. The summed E-state index contributed by atoms with van der Waals surface area (Å²) in [7, 11) is 0. The van der Waals surface area contributed by atoms with Gasteiger partial charge < -0.3 is 9.88 Å². The van der Waals surface area contributed by atoms with Gasteiger partial charge in [0, 0.05) is 28.6 Å². The highest BCUT2D eigenvalue weighted by atomic mass is 35.5. The van der Waals surface area contributed by atoms with Crippen LogP contribution in [0.3, 0.4) is 0 Å². The van der Waals surface area contributed by atoms with Crippen LogP contribution in [0, 0.1) is 5.92 Å². The van der Waals surface area contributed by atoms with E-state index in [9.17, 15) is 9.59 Å². The molecule has 29 heavy (non-hydrogen) atoms. The molecule has 1 saturated carbocycles. The number of carbonyl (C=O) groups excluding carboxylic acids is 2. The van der Waals surface area contributed by atoms with E-state index >= 15 is 0 Å². The molecule has 1 amide bonds. The van der Waals surface area contributed by atoms with Crippen molar-refractivity contribution in [2.24, 2.45) is 5.92 Å². The van der Waals surface area contributed by atoms with Crippen molar-refractivity contribution in [1.82, 2.24) is 4.57 Å². The number of amides is 1. The monoisotopic (exact) mass is 428 g/mol. The molecule has 3 aromatic rings. The minimum Gasteiger partial charge on any atom is -0.337 e. The Morgan fingerprint density at radius 1 is 1.00 bits per heavy atom. The molecule has 1 fully saturated rings. The number of para-hydroxylation sites is 1. The van der Waals surface area contributed by atoms with E-state index in [1.165, 1.54) is 6.42 Å². The number of Topliss-reactive ketones (excluding diaryl/α,β-unsaturated/α-hetero) is 1. The minimum absolute atomic E-state index is 0.0846. The zero-order chi connectivity index (χ0) is 20.4. The van der Waals surface area contributed by atoms with Gasteiger partial charge in [0.15, 0.2) is 5.78 Å². The summed E-state index contributed by atoms with van der Waals surface area (Å²) in [6.45, 7) is 0.0846. The van der Waals surface area contributed by atoms with Crippen molar-refractivity contribution < 1.29 is 9.59 Å². The molecule has 4 nitrogen and oxygen atoms in total. The standard InChI is InChI=1S/C23H22Cl2N2O2/c24-18-10-6-11-19(22(18)25)26-21(28)14-27-13-17(16-9-4-5-12-20(16)27)23(29)15-7-2-1-3-8-15/h4-6,9-13,15H,1-3,7-8,14H2,(H,26,28). The van der Waals surface area contributed by atoms with E-state index in [4.69, 9.17) is 23.2 Å². The molecule has 1 aliphatic rings. The van der Waals surface area contributed by atoms with Crippen LogP contribution in [-0.2, 0) is 11.3 Å². The summed E-state index contributed by atoms with van der Waals surface area (Å²) in [6, 6.07) is 12.8. The van der Waals surface area contributed by atoms with Gasteiger partial charge in [-0.1, -0.05) is 66.7 Å². The van der Waals surface area contributed by atoms with E-state index in [1.54, 1.807) is 18.2 Å². The predicted octanol–water partition coefficient (Wildman–Crippen LogP) is 6.35. The number of anilines is 1. The number of hydrogen-bond donors (Lipinski definition) is 1. The summed E-state index contributed by atoms with van der Waals surface area (Å²) in [5, 5.41) is 4.40. The molecule has 150 valence electrons. The molecule has 0 aliphatic heterocycles. The Bertz CT molecular complexity index is 1070. The molecule has 6 heteroatoms. The number of aromatic nitrogens is 1. The first kappa shape index (κ1) is 20.0. The number of halogens is 2. The van der Waals surface area contributed by atoms with Crippen LogP contribution in [0.1, 0.15) is 42.5 Å². The molecule has 0 saturated heterocycles. The summed E-state index contributed by atoms with van der Waals surface area (Å²) in [5.74, 6) is 0.0478. The van der Waals surface area contributed by atoms with E-state index in [0.29, 0.717) is 21.3 Å². The van der Waals surface area contributed by atoms with Gasteiger partial charge in [-0.2, -0.15) is 0 Å². The Hall–Kier alpha value is -2.30. The number of rotatable bonds is 5. The Kier molecular flexibility index (Phi) is 5.93. The van der Waals surface area contributed by atoms with Gasteiger partial charge in [0.05, 0.1) is 15.7 Å². The summed E-state index contributed by atoms with van der Waals surface area (Å²) >= 11 is 12.2. The summed E-state index contributed by atoms with van der Waals surface area (Å²) in [6.07, 6.45) is 7.15. The molecule has 0 atom stereocenters. The van der Waals surface area contributed by atoms with Gasteiger partial charge in [0.1, 0.15) is 6.54 Å². The van der Waals surface area contributed by atoms with Crippen molar-refractivity contribution in [3.8, 4) is 0 Å². The lowest BCUT2D eigenvalue weighted by atomic mass is 9.84. The van der Waals surface area contributed by atoms with Crippen molar-refractivity contribution in [2.75, 3.05) is 5.32 Å². The number of ketones is 1. The van der Waals surface area contributed by atoms with Crippen LogP contribution < -0.4 is 5.32 Å². The highest BCUT2D eigenvalue weighted by molar-refractivity contribution is 6.44. The first-order valence-electron chi connectivity index (χ1n) is 9.90. The highest BCUT2D eigenvalue weighted by Crippen LogP contribution is 2.32. The minimum atomic E-state index is -0.230. The molecule has 1 aromatic heterocycles. The predicted molar refractivity (Wildman–Crippen MR) is 118 cm³/mol. The molecule has 0 unspecified atom stereocenters. The fourth-order valence-electron chi connectivity index (χ4n) is 4.10. The first-order chi connectivity index (χ1) is 14.0. The molecule has 0 radical (unpaired) electrons. The van der Waals surface area contributed by atoms with E-state index in [2.05, 4.69) is 5.32 Å². The van der Waals surface area contributed by atoms with E-state index in [-0.39, 0.29) is 24.2 Å². The van der Waals surface area contributed by atoms with Gasteiger partial charge >= 0.3 is 0 Å². The SMILES string of the molecule is O=C(Cn1cc(C(=O)C2CCCCC2)c2ccccc21)Nc1cccc(Cl)c1Cl. The third kappa shape index (κ3) is 4.19. The van der Waals surface area contributed by atoms with Crippen molar-refractivity contribution in [3.05, 3.63) is 64.3 Å². The van der Waals surface area contributed by atoms with Crippen molar-refractivity contribution in [3.63, 3.8) is 0 Å². The zero-order valence-corrected chi connectivity index (χ0v) is 17.5. The fourth-order valence-corrected chi connectivity index (χ4v) is 4.45. The van der Waals surface area contributed by atoms with E-state index in [1.807, 2.05) is 35.0 Å². The maximum absolute atomic E-state index is 13.1. The second-order valence-corrected chi connectivity index (χ2v) is 8.32. The second kappa shape index (κ2) is 8.60. The average molecular weight is 429 g/mol. The molecule has 1 heterocycles. The van der Waals surface area contributed by atoms with Crippen molar-refractivity contribution >= 4 is 51.5 Å². The van der Waals surface area contributed by atoms with Crippen LogP contribution >= 0.6 is 23.2 Å². The lowest BCUT2D eigenvalue weighted by molar-refractivity contribution is -0.116. The summed E-state index contributed by atoms with van der Waals surface area (Å²) < 4.78 is 1.83. The van der Waals surface area contributed by atoms with Crippen LogP contribution in [0.5, 0.6) is 0 Å². The van der Waals surface area contributed by atoms with Gasteiger partial charge in [-0.15, -0.1) is 0 Å². The molecule has 1 aliphatic carbocycles. The topological polar surface area (TPSA) is 51.1 Å². The van der Waals surface area contributed by atoms with E-state index in [0.717, 1.165) is 36.6 Å². The van der Waals surface area contributed by atoms with Gasteiger partial charge in [-0.3, -0.25) is 9.59 Å². The molecule has 2 aromatic carbocycles. The first-order valence-corrected chi connectivity index (χ1v) is 10.7. The Labute approximate surface area is 179 Å². The molecular formula is C23H22Cl2N2O2. The largest absolute Gasteiger partial charge is 0.337 e. The van der Waals surface area contributed by atoms with Gasteiger partial charge in [0.25, 0.3) is 0 Å². The lowest BCUT2D eigenvalue weighted by Gasteiger charge is -2.19. The van der Waals surface area contributed by atoms with E-state index < -0.39 is 0 Å². The third-order valence-corrected chi connectivity index (χ3v) is 6.39. The number of hydrogen-bond acceptors (Lipinski definition) is 2. The summed E-state index contributed by atoms with van der Waals surface area (Å²) in [5.41, 5.74) is 2.05. The second-order valence-electron chi connectivity index (χ2n) is 7.54. The lowest BCUT2D eigenvalue weighted by Crippen LogP contribution is -2.19. The number of benzene rings is 2. The third-order valence-electron chi connectivity index (χ3n) is 5.57. The smallest absolute Gasteiger partial charge is 0.244 e. The van der Waals surface area contributed by atoms with Gasteiger partial charge in [-0.25, -0.2) is 0 Å². The van der Waals surface area contributed by atoms with Crippen LogP contribution in [0.4, 0.5) is 5.69 Å². The van der Waals surface area contributed by atoms with Crippen LogP contribution in [0.2, 0.25) is 10.0 Å². The van der Waals surface area contributed by atoms with Gasteiger partial charge in [0.2, 0.25) is 5.91 Å². The summed E-state index contributed by atoms with van der Waals surface area (Å²) in [4.78, 5) is 25.8. The normalized spacial score (nSPS) is 14.8. The molecule has 0 bridgehead atoms. The van der Waals surface area contributed by atoms with Crippen molar-refractivity contribution in [2.45, 2.75) is 38.6 Å². The fraction of sp³-hybridized carbons (Fsp3) is 0.304. The molecule has 1 N–H and O–H groups in total. The van der Waals surface area contributed by atoms with Crippen molar-refractivity contribution in [1.29, 1.82) is 0 Å². The molecular weight excluding hydrogens is 407 g/mol. The number of nitrogens with zero attached hydrogens (tertiary/aromatic N) is 1. The van der Waals surface area contributed by atoms with Crippen LogP contribution in [-0.4, -0.2) is 16.3 Å². The van der Waals surface area contributed by atoms with Crippen LogP contribution in [0.25, 0.3) is 10.9 Å². The maximum atomic E-state index is 13.1. The van der Waals surface area contributed by atoms with Gasteiger partial charge in [-0.05, 0) is 31.0 Å². The molecule has 0 spiro atoms. The zero-order valence-electron chi connectivity index (χ0n) is 16.0.